The maximum Gasteiger partial charge on any atom is 0.472 e. The van der Waals surface area contributed by atoms with E-state index in [0.29, 0.717) is 13.0 Å². The molecule has 2 unspecified atom stereocenters. The number of carbonyl (C=O) groups is 1. The number of nitrogens with two attached hydrogens (primary N) is 1. The van der Waals surface area contributed by atoms with Crippen molar-refractivity contribution in [1.29, 1.82) is 0 Å². The van der Waals surface area contributed by atoms with Gasteiger partial charge in [0.25, 0.3) is 0 Å². The van der Waals surface area contributed by atoms with E-state index in [0.717, 1.165) is 32.1 Å². The Bertz CT molecular complexity index is 682. The summed E-state index contributed by atoms with van der Waals surface area (Å²) in [6.07, 6.45) is 34.1. The van der Waals surface area contributed by atoms with Crippen molar-refractivity contribution in [3.05, 3.63) is 0 Å². The number of unbranched alkanes of at least 4 members (excludes halogenated alkanes) is 25. The van der Waals surface area contributed by atoms with Crippen molar-refractivity contribution in [3.63, 3.8) is 0 Å². The van der Waals surface area contributed by atoms with Gasteiger partial charge in [-0.15, -0.1) is 0 Å². The molecule has 0 bridgehead atoms. The SMILES string of the molecule is CCCCCCCCCCCCCCCCCCCCCOCC(COP(=O)(O)OCCN)OC(=O)CCCCCCCCCC. The number of phosphoric acid groups is 1. The summed E-state index contributed by atoms with van der Waals surface area (Å²) in [7, 11) is -4.26. The van der Waals surface area contributed by atoms with Crippen molar-refractivity contribution in [1.82, 2.24) is 0 Å². The standard InChI is InChI=1S/C37H76NO7P/c1-3-5-7-9-11-13-14-15-16-17-18-19-20-21-22-23-25-27-29-32-42-34-36(35-44-46(40,41)43-33-31-38)45-37(39)30-28-26-24-12-10-8-6-4-2/h36H,3-35,38H2,1-2H3,(H,40,41). The maximum atomic E-state index is 12.4. The summed E-state index contributed by atoms with van der Waals surface area (Å²) in [6, 6.07) is 0. The van der Waals surface area contributed by atoms with Crippen LogP contribution in [0, 0.1) is 0 Å². The minimum atomic E-state index is -4.26. The quantitative estimate of drug-likeness (QED) is 0.0377. The van der Waals surface area contributed by atoms with Crippen LogP contribution in [-0.4, -0.2) is 49.9 Å². The lowest BCUT2D eigenvalue weighted by Gasteiger charge is -2.20. The summed E-state index contributed by atoms with van der Waals surface area (Å²) < 4.78 is 33.2. The number of carbonyl (C=O) groups excluding carboxylic acids is 1. The molecule has 3 N–H and O–H groups in total. The Balaban J connectivity index is 3.90. The van der Waals surface area contributed by atoms with Gasteiger partial charge in [0.2, 0.25) is 0 Å². The number of phosphoric ester groups is 1. The number of rotatable bonds is 38. The fourth-order valence-electron chi connectivity index (χ4n) is 5.64. The van der Waals surface area contributed by atoms with E-state index in [1.165, 1.54) is 141 Å². The molecule has 0 radical (unpaired) electrons. The largest absolute Gasteiger partial charge is 0.472 e. The molecular weight excluding hydrogens is 601 g/mol. The summed E-state index contributed by atoms with van der Waals surface area (Å²) >= 11 is 0. The average Bonchev–Trinajstić information content (AvgIpc) is 3.04. The van der Waals surface area contributed by atoms with E-state index >= 15 is 0 Å². The highest BCUT2D eigenvalue weighted by Gasteiger charge is 2.25. The van der Waals surface area contributed by atoms with E-state index in [1.807, 2.05) is 0 Å². The van der Waals surface area contributed by atoms with Gasteiger partial charge in [-0.1, -0.05) is 174 Å². The summed E-state index contributed by atoms with van der Waals surface area (Å²) in [5.74, 6) is -0.331. The summed E-state index contributed by atoms with van der Waals surface area (Å²) in [5, 5.41) is 0. The lowest BCUT2D eigenvalue weighted by molar-refractivity contribution is -0.154. The van der Waals surface area contributed by atoms with Crippen LogP contribution in [0.2, 0.25) is 0 Å². The Morgan fingerprint density at radius 2 is 0.957 bits per heavy atom. The normalized spacial score (nSPS) is 13.6. The Labute approximate surface area is 284 Å². The molecule has 0 aliphatic heterocycles. The monoisotopic (exact) mass is 678 g/mol. The summed E-state index contributed by atoms with van der Waals surface area (Å²) in [6.45, 7) is 4.93. The second kappa shape index (κ2) is 35.8. The van der Waals surface area contributed by atoms with Gasteiger partial charge in [0.15, 0.2) is 0 Å². The molecule has 0 aliphatic carbocycles. The molecule has 46 heavy (non-hydrogen) atoms. The minimum Gasteiger partial charge on any atom is -0.457 e. The molecule has 0 aliphatic rings. The van der Waals surface area contributed by atoms with Gasteiger partial charge in [-0.05, 0) is 12.8 Å². The third kappa shape index (κ3) is 34.8. The van der Waals surface area contributed by atoms with Crippen LogP contribution in [0.3, 0.4) is 0 Å². The van der Waals surface area contributed by atoms with Gasteiger partial charge in [0.1, 0.15) is 6.10 Å². The van der Waals surface area contributed by atoms with Crippen molar-refractivity contribution in [2.75, 3.05) is 33.0 Å². The molecule has 0 saturated heterocycles. The van der Waals surface area contributed by atoms with Crippen LogP contribution >= 0.6 is 7.82 Å². The van der Waals surface area contributed by atoms with Crippen LogP contribution in [0.15, 0.2) is 0 Å². The fourth-order valence-corrected chi connectivity index (χ4v) is 6.41. The predicted octanol–water partition coefficient (Wildman–Crippen LogP) is 11.0. The summed E-state index contributed by atoms with van der Waals surface area (Å²) in [5.41, 5.74) is 5.34. The van der Waals surface area contributed by atoms with Crippen LogP contribution in [0.25, 0.3) is 0 Å². The second-order valence-corrected chi connectivity index (χ2v) is 14.6. The number of hydrogen-bond donors (Lipinski definition) is 2. The molecule has 0 fully saturated rings. The molecule has 0 aromatic rings. The van der Waals surface area contributed by atoms with Gasteiger partial charge in [-0.25, -0.2) is 4.57 Å². The molecule has 0 heterocycles. The van der Waals surface area contributed by atoms with E-state index in [9.17, 15) is 14.3 Å². The van der Waals surface area contributed by atoms with Crippen molar-refractivity contribution in [2.24, 2.45) is 5.73 Å². The highest BCUT2D eigenvalue weighted by atomic mass is 31.2. The molecule has 0 aromatic carbocycles. The smallest absolute Gasteiger partial charge is 0.457 e. The topological polar surface area (TPSA) is 117 Å². The van der Waals surface area contributed by atoms with Gasteiger partial charge in [0, 0.05) is 19.6 Å². The molecule has 9 heteroatoms. The van der Waals surface area contributed by atoms with Crippen molar-refractivity contribution in [2.45, 2.75) is 200 Å². The highest BCUT2D eigenvalue weighted by molar-refractivity contribution is 7.47. The molecule has 0 aromatic heterocycles. The van der Waals surface area contributed by atoms with Gasteiger partial charge in [0.05, 0.1) is 19.8 Å². The predicted molar refractivity (Wildman–Crippen MR) is 192 cm³/mol. The summed E-state index contributed by atoms with van der Waals surface area (Å²) in [4.78, 5) is 22.3. The van der Waals surface area contributed by atoms with Crippen LogP contribution in [0.5, 0.6) is 0 Å². The molecule has 0 spiro atoms. The van der Waals surface area contributed by atoms with E-state index in [2.05, 4.69) is 13.8 Å². The Morgan fingerprint density at radius 3 is 1.37 bits per heavy atom. The van der Waals surface area contributed by atoms with Crippen LogP contribution in [0.1, 0.15) is 194 Å². The van der Waals surface area contributed by atoms with E-state index in [1.54, 1.807) is 0 Å². The molecule has 0 amide bonds. The van der Waals surface area contributed by atoms with Crippen LogP contribution in [0.4, 0.5) is 0 Å². The first kappa shape index (κ1) is 45.5. The Kier molecular flexibility index (Phi) is 35.4. The minimum absolute atomic E-state index is 0.0907. The Morgan fingerprint density at radius 1 is 0.565 bits per heavy atom. The third-order valence-electron chi connectivity index (χ3n) is 8.52. The first-order valence-electron chi connectivity index (χ1n) is 19.5. The third-order valence-corrected chi connectivity index (χ3v) is 9.51. The van der Waals surface area contributed by atoms with Gasteiger partial charge in [-0.3, -0.25) is 13.8 Å². The number of esters is 1. The fraction of sp³-hybridized carbons (Fsp3) is 0.973. The zero-order chi connectivity index (χ0) is 33.8. The lowest BCUT2D eigenvalue weighted by atomic mass is 10.0. The first-order valence-corrected chi connectivity index (χ1v) is 21.0. The van der Waals surface area contributed by atoms with Crippen molar-refractivity contribution < 1.29 is 32.8 Å². The molecule has 8 nitrogen and oxygen atoms in total. The van der Waals surface area contributed by atoms with Gasteiger partial charge >= 0.3 is 13.8 Å². The molecule has 0 saturated carbocycles. The number of hydrogen-bond acceptors (Lipinski definition) is 7. The molecule has 276 valence electrons. The van der Waals surface area contributed by atoms with E-state index in [-0.39, 0.29) is 32.3 Å². The van der Waals surface area contributed by atoms with Crippen molar-refractivity contribution >= 4 is 13.8 Å². The van der Waals surface area contributed by atoms with Crippen LogP contribution < -0.4 is 5.73 Å². The van der Waals surface area contributed by atoms with Crippen molar-refractivity contribution in [3.8, 4) is 0 Å². The number of ether oxygens (including phenoxy) is 2. The Hall–Kier alpha value is -0.500. The average molecular weight is 678 g/mol. The second-order valence-electron chi connectivity index (χ2n) is 13.2. The molecule has 0 rings (SSSR count). The zero-order valence-corrected chi connectivity index (χ0v) is 31.2. The van der Waals surface area contributed by atoms with Gasteiger partial charge in [-0.2, -0.15) is 0 Å². The molecular formula is C37H76NO7P. The van der Waals surface area contributed by atoms with E-state index < -0.39 is 13.9 Å². The maximum absolute atomic E-state index is 12.4. The van der Waals surface area contributed by atoms with Gasteiger partial charge < -0.3 is 20.1 Å². The first-order chi connectivity index (χ1) is 22.4. The van der Waals surface area contributed by atoms with Crippen LogP contribution in [-0.2, 0) is 27.9 Å². The highest BCUT2D eigenvalue weighted by Crippen LogP contribution is 2.43. The zero-order valence-electron chi connectivity index (χ0n) is 30.3. The lowest BCUT2D eigenvalue weighted by Crippen LogP contribution is -2.28. The molecule has 2 atom stereocenters. The van der Waals surface area contributed by atoms with E-state index in [4.69, 9.17) is 24.3 Å².